The molecule has 2 aromatic heterocycles. The predicted octanol–water partition coefficient (Wildman–Crippen LogP) is 3.92. The van der Waals surface area contributed by atoms with Crippen molar-refractivity contribution in [3.63, 3.8) is 0 Å². The summed E-state index contributed by atoms with van der Waals surface area (Å²) < 4.78 is 40.7. The minimum Gasteiger partial charge on any atom is -0.327 e. The molecule has 0 N–H and O–H groups in total. The minimum atomic E-state index is -4.42. The molecule has 22 heavy (non-hydrogen) atoms. The second kappa shape index (κ2) is 5.29. The lowest BCUT2D eigenvalue weighted by molar-refractivity contribution is -0.138. The summed E-state index contributed by atoms with van der Waals surface area (Å²) in [6.07, 6.45) is -0.669. The number of hydrogen-bond acceptors (Lipinski definition) is 2. The molecule has 0 aliphatic rings. The van der Waals surface area contributed by atoms with Crippen LogP contribution in [0.5, 0.6) is 0 Å². The molecule has 0 amide bonds. The quantitative estimate of drug-likeness (QED) is 0.688. The Morgan fingerprint density at radius 3 is 2.64 bits per heavy atom. The Morgan fingerprint density at radius 2 is 1.91 bits per heavy atom. The molecule has 0 atom stereocenters. The number of hydrogen-bond donors (Lipinski definition) is 0. The van der Waals surface area contributed by atoms with Crippen LogP contribution in [-0.4, -0.2) is 15.8 Å². The summed E-state index contributed by atoms with van der Waals surface area (Å²) in [6.45, 7) is -0.00294. The largest absolute Gasteiger partial charge is 0.416 e. The number of aromatic nitrogens is 2. The van der Waals surface area contributed by atoms with Crippen LogP contribution in [0.4, 0.5) is 13.2 Å². The van der Waals surface area contributed by atoms with Crippen molar-refractivity contribution in [2.75, 3.05) is 0 Å². The first-order valence-corrected chi connectivity index (χ1v) is 6.55. The van der Waals surface area contributed by atoms with Crippen molar-refractivity contribution in [1.29, 1.82) is 0 Å². The van der Waals surface area contributed by atoms with E-state index in [2.05, 4.69) is 4.98 Å². The third-order valence-corrected chi connectivity index (χ3v) is 3.46. The van der Waals surface area contributed by atoms with Crippen LogP contribution < -0.4 is 0 Å². The Morgan fingerprint density at radius 1 is 1.14 bits per heavy atom. The van der Waals surface area contributed by atoms with Crippen molar-refractivity contribution >= 4 is 17.3 Å². The number of fused-ring (bicyclic) bond motifs is 1. The molecule has 0 bridgehead atoms. The molecule has 0 spiro atoms. The third-order valence-electron chi connectivity index (χ3n) is 3.46. The van der Waals surface area contributed by atoms with Gasteiger partial charge in [0.25, 0.3) is 0 Å². The summed E-state index contributed by atoms with van der Waals surface area (Å²) in [7, 11) is 0. The summed E-state index contributed by atoms with van der Waals surface area (Å²) in [4.78, 5) is 15.3. The Hall–Kier alpha value is -2.63. The van der Waals surface area contributed by atoms with Gasteiger partial charge in [-0.25, -0.2) is 4.98 Å². The number of aldehydes is 1. The second-order valence-electron chi connectivity index (χ2n) is 4.86. The van der Waals surface area contributed by atoms with Gasteiger partial charge in [0.1, 0.15) is 5.65 Å². The highest BCUT2D eigenvalue weighted by Gasteiger charge is 2.33. The zero-order chi connectivity index (χ0) is 15.7. The van der Waals surface area contributed by atoms with Gasteiger partial charge in [-0.15, -0.1) is 0 Å². The number of pyridine rings is 1. The highest BCUT2D eigenvalue weighted by Crippen LogP contribution is 2.32. The van der Waals surface area contributed by atoms with Crippen LogP contribution >= 0.6 is 0 Å². The van der Waals surface area contributed by atoms with Crippen LogP contribution in [0.3, 0.4) is 0 Å². The van der Waals surface area contributed by atoms with Gasteiger partial charge in [0.2, 0.25) is 0 Å². The molecule has 2 heterocycles. The van der Waals surface area contributed by atoms with Crippen LogP contribution in [0, 0.1) is 0 Å². The number of alkyl halides is 3. The van der Waals surface area contributed by atoms with E-state index in [1.165, 1.54) is 18.3 Å². The lowest BCUT2D eigenvalue weighted by Crippen LogP contribution is -2.11. The van der Waals surface area contributed by atoms with E-state index in [0.29, 0.717) is 22.9 Å². The van der Waals surface area contributed by atoms with E-state index in [4.69, 9.17) is 0 Å². The molecule has 0 unspecified atom stereocenters. The zero-order valence-corrected chi connectivity index (χ0v) is 11.3. The summed E-state index contributed by atoms with van der Waals surface area (Å²) in [5, 5.41) is 0.627. The van der Waals surface area contributed by atoms with E-state index in [9.17, 15) is 18.0 Å². The molecule has 0 aliphatic heterocycles. The van der Waals surface area contributed by atoms with Crippen LogP contribution in [0.1, 0.15) is 21.5 Å². The van der Waals surface area contributed by atoms with Crippen molar-refractivity contribution in [2.24, 2.45) is 0 Å². The average molecular weight is 304 g/mol. The molecule has 0 radical (unpaired) electrons. The van der Waals surface area contributed by atoms with Gasteiger partial charge in [-0.1, -0.05) is 18.2 Å². The zero-order valence-electron chi connectivity index (χ0n) is 11.3. The summed E-state index contributed by atoms with van der Waals surface area (Å²) >= 11 is 0. The Labute approximate surface area is 124 Å². The van der Waals surface area contributed by atoms with Gasteiger partial charge in [-0.3, -0.25) is 4.79 Å². The Bertz CT molecular complexity index is 837. The number of nitrogens with zero attached hydrogens (tertiary/aromatic N) is 2. The number of rotatable bonds is 3. The topological polar surface area (TPSA) is 34.9 Å². The van der Waals surface area contributed by atoms with Gasteiger partial charge < -0.3 is 4.57 Å². The van der Waals surface area contributed by atoms with Gasteiger partial charge >= 0.3 is 6.18 Å². The molecular weight excluding hydrogens is 293 g/mol. The fourth-order valence-electron chi connectivity index (χ4n) is 2.48. The van der Waals surface area contributed by atoms with E-state index in [1.807, 2.05) is 0 Å². The Balaban J connectivity index is 2.10. The van der Waals surface area contributed by atoms with Gasteiger partial charge in [0.15, 0.2) is 6.29 Å². The first-order chi connectivity index (χ1) is 10.5. The first-order valence-electron chi connectivity index (χ1n) is 6.55. The van der Waals surface area contributed by atoms with Crippen LogP contribution in [-0.2, 0) is 12.7 Å². The SMILES string of the molecule is O=Cc1cn(Cc2ccccc2C(F)(F)F)c2ncccc12. The maximum Gasteiger partial charge on any atom is 0.416 e. The molecule has 112 valence electrons. The van der Waals surface area contributed by atoms with Crippen LogP contribution in [0.2, 0.25) is 0 Å². The number of carbonyl (C=O) groups is 1. The smallest absolute Gasteiger partial charge is 0.327 e. The van der Waals surface area contributed by atoms with Crippen molar-refractivity contribution < 1.29 is 18.0 Å². The lowest BCUT2D eigenvalue weighted by Gasteiger charge is -2.13. The van der Waals surface area contributed by atoms with Gasteiger partial charge in [0.05, 0.1) is 5.56 Å². The molecular formula is C16H11F3N2O. The lowest BCUT2D eigenvalue weighted by atomic mass is 10.1. The van der Waals surface area contributed by atoms with Crippen molar-refractivity contribution in [3.8, 4) is 0 Å². The van der Waals surface area contributed by atoms with Crippen molar-refractivity contribution in [2.45, 2.75) is 12.7 Å². The molecule has 0 fully saturated rings. The monoisotopic (exact) mass is 304 g/mol. The van der Waals surface area contributed by atoms with Gasteiger partial charge in [0, 0.05) is 29.9 Å². The minimum absolute atomic E-state index is 0.00294. The second-order valence-corrected chi connectivity index (χ2v) is 4.86. The number of halogens is 3. The molecule has 0 saturated carbocycles. The van der Waals surface area contributed by atoms with Crippen molar-refractivity contribution in [3.05, 3.63) is 65.5 Å². The maximum absolute atomic E-state index is 13.1. The average Bonchev–Trinajstić information content (AvgIpc) is 2.85. The molecule has 3 rings (SSSR count). The molecule has 1 aromatic carbocycles. The van der Waals surface area contributed by atoms with Crippen molar-refractivity contribution in [1.82, 2.24) is 9.55 Å². The van der Waals surface area contributed by atoms with E-state index in [0.717, 1.165) is 6.07 Å². The summed E-state index contributed by atoms with van der Waals surface area (Å²) in [5.74, 6) is 0. The molecule has 3 nitrogen and oxygen atoms in total. The fraction of sp³-hybridized carbons (Fsp3) is 0.125. The first kappa shape index (κ1) is 14.3. The normalized spacial score (nSPS) is 11.8. The number of benzene rings is 1. The Kier molecular flexibility index (Phi) is 3.44. The molecule has 3 aromatic rings. The van der Waals surface area contributed by atoms with Crippen LogP contribution in [0.15, 0.2) is 48.8 Å². The summed E-state index contributed by atoms with van der Waals surface area (Å²) in [6, 6.07) is 8.80. The van der Waals surface area contributed by atoms with E-state index in [1.54, 1.807) is 29.0 Å². The van der Waals surface area contributed by atoms with E-state index >= 15 is 0 Å². The van der Waals surface area contributed by atoms with Gasteiger partial charge in [-0.05, 0) is 23.8 Å². The van der Waals surface area contributed by atoms with Gasteiger partial charge in [-0.2, -0.15) is 13.2 Å². The molecule has 0 aliphatic carbocycles. The molecule has 6 heteroatoms. The maximum atomic E-state index is 13.1. The molecule has 0 saturated heterocycles. The highest BCUT2D eigenvalue weighted by atomic mass is 19.4. The van der Waals surface area contributed by atoms with Crippen LogP contribution in [0.25, 0.3) is 11.0 Å². The van der Waals surface area contributed by atoms with E-state index in [-0.39, 0.29) is 12.1 Å². The highest BCUT2D eigenvalue weighted by molar-refractivity contribution is 5.95. The standard InChI is InChI=1S/C16H11F3N2O/c17-16(18,19)14-6-2-1-4-11(14)8-21-9-12(10-22)13-5-3-7-20-15(13)21/h1-7,9-10H,8H2. The summed E-state index contributed by atoms with van der Waals surface area (Å²) in [5.41, 5.74) is 0.351. The fourth-order valence-corrected chi connectivity index (χ4v) is 2.48. The predicted molar refractivity (Wildman–Crippen MR) is 75.7 cm³/mol. The number of carbonyl (C=O) groups excluding carboxylic acids is 1. The van der Waals surface area contributed by atoms with E-state index < -0.39 is 11.7 Å². The third kappa shape index (κ3) is 2.47.